The minimum absolute atomic E-state index is 0.438. The number of imidazole rings is 1. The maximum Gasteiger partial charge on any atom is 0.177 e. The highest BCUT2D eigenvalue weighted by atomic mass is 35.5. The fourth-order valence-electron chi connectivity index (χ4n) is 3.29. The third-order valence-corrected chi connectivity index (χ3v) is 5.13. The average molecular weight is 396 g/mol. The smallest absolute Gasteiger partial charge is 0.177 e. The Morgan fingerprint density at radius 3 is 2.79 bits per heavy atom. The molecule has 0 spiro atoms. The van der Waals surface area contributed by atoms with Crippen LogP contribution < -0.4 is 10.6 Å². The van der Waals surface area contributed by atoms with Crippen molar-refractivity contribution < 1.29 is 0 Å². The molecule has 1 saturated carbocycles. The van der Waals surface area contributed by atoms with Crippen molar-refractivity contribution in [2.24, 2.45) is 5.92 Å². The zero-order valence-corrected chi connectivity index (χ0v) is 17.3. The van der Waals surface area contributed by atoms with Gasteiger partial charge in [-0.25, -0.2) is 9.50 Å². The van der Waals surface area contributed by atoms with E-state index in [1.165, 1.54) is 18.4 Å². The van der Waals surface area contributed by atoms with Crippen LogP contribution in [0.4, 0.5) is 5.69 Å². The molecular formula is C22H26ClN5. The lowest BCUT2D eigenvalue weighted by atomic mass is 10.0. The van der Waals surface area contributed by atoms with Gasteiger partial charge < -0.3 is 10.6 Å². The van der Waals surface area contributed by atoms with Crippen LogP contribution in [0.2, 0.25) is 5.15 Å². The number of nitrogens with zero attached hydrogens (tertiary/aromatic N) is 3. The Morgan fingerprint density at radius 1 is 1.32 bits per heavy atom. The van der Waals surface area contributed by atoms with Gasteiger partial charge in [-0.15, -0.1) is 0 Å². The number of nitrogens with one attached hydrogen (secondary N) is 2. The van der Waals surface area contributed by atoms with E-state index in [9.17, 15) is 0 Å². The third kappa shape index (κ3) is 3.85. The molecule has 6 heteroatoms. The summed E-state index contributed by atoms with van der Waals surface area (Å²) in [7, 11) is 0. The summed E-state index contributed by atoms with van der Waals surface area (Å²) in [5.74, 6) is 0.522. The van der Waals surface area contributed by atoms with Crippen LogP contribution in [-0.2, 0) is 0 Å². The highest BCUT2D eigenvalue weighted by Gasteiger charge is 2.22. The SMILES string of the molecule is C=C(NC1CC1)c1ccc(-c2cnc3c(NCC(C)C)cc(Cl)nn23)cc1C. The van der Waals surface area contributed by atoms with E-state index in [0.29, 0.717) is 17.1 Å². The first-order chi connectivity index (χ1) is 13.4. The van der Waals surface area contributed by atoms with Gasteiger partial charge in [-0.2, -0.15) is 5.10 Å². The second-order valence-corrected chi connectivity index (χ2v) is 8.35. The van der Waals surface area contributed by atoms with Gasteiger partial charge in [0.25, 0.3) is 0 Å². The van der Waals surface area contributed by atoms with E-state index in [-0.39, 0.29) is 0 Å². The second kappa shape index (κ2) is 7.47. The molecule has 1 aliphatic rings. The first-order valence-corrected chi connectivity index (χ1v) is 10.1. The Balaban J connectivity index is 1.69. The van der Waals surface area contributed by atoms with Crippen molar-refractivity contribution in [1.29, 1.82) is 0 Å². The standard InChI is InChI=1S/C22H26ClN5/c1-13(2)11-24-19-10-21(23)27-28-20(12-25-22(19)28)16-5-8-18(14(3)9-16)15(4)26-17-6-7-17/h5,8-10,12-13,17,24,26H,4,6-7,11H2,1-3H3. The zero-order chi connectivity index (χ0) is 19.8. The van der Waals surface area contributed by atoms with Gasteiger partial charge in [0.05, 0.1) is 17.6 Å². The minimum Gasteiger partial charge on any atom is -0.382 e. The molecule has 5 nitrogen and oxygen atoms in total. The topological polar surface area (TPSA) is 54.2 Å². The molecule has 1 fully saturated rings. The molecule has 2 aromatic heterocycles. The molecule has 28 heavy (non-hydrogen) atoms. The van der Waals surface area contributed by atoms with Gasteiger partial charge >= 0.3 is 0 Å². The largest absolute Gasteiger partial charge is 0.382 e. The molecule has 1 aliphatic carbocycles. The van der Waals surface area contributed by atoms with E-state index in [0.717, 1.165) is 40.4 Å². The predicted molar refractivity (Wildman–Crippen MR) is 117 cm³/mol. The van der Waals surface area contributed by atoms with E-state index < -0.39 is 0 Å². The number of rotatable bonds is 7. The molecule has 0 unspecified atom stereocenters. The number of hydrogen-bond acceptors (Lipinski definition) is 4. The number of aryl methyl sites for hydroxylation is 1. The van der Waals surface area contributed by atoms with Crippen molar-refractivity contribution in [3.63, 3.8) is 0 Å². The number of benzene rings is 1. The van der Waals surface area contributed by atoms with Crippen LogP contribution in [0.5, 0.6) is 0 Å². The Labute approximate surface area is 170 Å². The van der Waals surface area contributed by atoms with Gasteiger partial charge in [0.15, 0.2) is 10.8 Å². The molecule has 2 N–H and O–H groups in total. The van der Waals surface area contributed by atoms with Gasteiger partial charge in [0.2, 0.25) is 0 Å². The van der Waals surface area contributed by atoms with Gasteiger partial charge in [-0.1, -0.05) is 44.2 Å². The Hall–Kier alpha value is -2.53. The monoisotopic (exact) mass is 395 g/mol. The van der Waals surface area contributed by atoms with Crippen molar-refractivity contribution in [1.82, 2.24) is 19.9 Å². The minimum atomic E-state index is 0.438. The second-order valence-electron chi connectivity index (χ2n) is 7.96. The lowest BCUT2D eigenvalue weighted by Gasteiger charge is -2.13. The van der Waals surface area contributed by atoms with Gasteiger partial charge in [0, 0.05) is 29.9 Å². The molecule has 1 aromatic carbocycles. The molecule has 2 heterocycles. The summed E-state index contributed by atoms with van der Waals surface area (Å²) < 4.78 is 1.82. The molecule has 0 aliphatic heterocycles. The number of halogens is 1. The van der Waals surface area contributed by atoms with Crippen molar-refractivity contribution in [2.45, 2.75) is 39.7 Å². The van der Waals surface area contributed by atoms with Crippen LogP contribution >= 0.6 is 11.6 Å². The van der Waals surface area contributed by atoms with E-state index in [4.69, 9.17) is 11.6 Å². The van der Waals surface area contributed by atoms with Crippen molar-refractivity contribution in [2.75, 3.05) is 11.9 Å². The quantitative estimate of drug-likeness (QED) is 0.581. The maximum atomic E-state index is 6.29. The lowest BCUT2D eigenvalue weighted by Crippen LogP contribution is -2.14. The summed E-state index contributed by atoms with van der Waals surface area (Å²) in [5.41, 5.74) is 6.96. The van der Waals surface area contributed by atoms with Gasteiger partial charge in [-0.05, 0) is 42.9 Å². The van der Waals surface area contributed by atoms with Crippen LogP contribution in [0.25, 0.3) is 22.6 Å². The van der Waals surface area contributed by atoms with Crippen LogP contribution in [0.3, 0.4) is 0 Å². The predicted octanol–water partition coefficient (Wildman–Crippen LogP) is 5.15. The normalized spacial score (nSPS) is 13.9. The maximum absolute atomic E-state index is 6.29. The van der Waals surface area contributed by atoms with Crippen molar-refractivity contribution in [3.05, 3.63) is 53.3 Å². The summed E-state index contributed by atoms with van der Waals surface area (Å²) in [4.78, 5) is 4.60. The summed E-state index contributed by atoms with van der Waals surface area (Å²) in [6.07, 6.45) is 4.32. The summed E-state index contributed by atoms with van der Waals surface area (Å²) in [6, 6.07) is 8.79. The molecule has 0 radical (unpaired) electrons. The van der Waals surface area contributed by atoms with E-state index in [1.54, 1.807) is 0 Å². The van der Waals surface area contributed by atoms with Crippen molar-refractivity contribution >= 4 is 28.6 Å². The van der Waals surface area contributed by atoms with E-state index in [2.05, 4.69) is 66.3 Å². The zero-order valence-electron chi connectivity index (χ0n) is 16.6. The van der Waals surface area contributed by atoms with E-state index >= 15 is 0 Å². The van der Waals surface area contributed by atoms with Crippen LogP contribution in [0.1, 0.15) is 37.8 Å². The van der Waals surface area contributed by atoms with E-state index in [1.807, 2.05) is 16.8 Å². The summed E-state index contributed by atoms with van der Waals surface area (Å²) in [6.45, 7) is 11.5. The lowest BCUT2D eigenvalue weighted by molar-refractivity contribution is 0.688. The number of aromatic nitrogens is 3. The molecule has 0 bridgehead atoms. The molecule has 3 aromatic rings. The molecular weight excluding hydrogens is 370 g/mol. The fourth-order valence-corrected chi connectivity index (χ4v) is 3.48. The number of hydrogen-bond donors (Lipinski definition) is 2. The first kappa shape index (κ1) is 18.8. The summed E-state index contributed by atoms with van der Waals surface area (Å²) in [5, 5.41) is 11.8. The average Bonchev–Trinajstić information content (AvgIpc) is 3.35. The van der Waals surface area contributed by atoms with Crippen molar-refractivity contribution in [3.8, 4) is 11.3 Å². The number of anilines is 1. The molecule has 0 saturated heterocycles. The van der Waals surface area contributed by atoms with Crippen LogP contribution in [0.15, 0.2) is 37.0 Å². The Kier molecular flexibility index (Phi) is 5.02. The van der Waals surface area contributed by atoms with Gasteiger partial charge in [-0.3, -0.25) is 0 Å². The molecule has 0 amide bonds. The number of fused-ring (bicyclic) bond motifs is 1. The highest BCUT2D eigenvalue weighted by molar-refractivity contribution is 6.29. The van der Waals surface area contributed by atoms with Gasteiger partial charge in [0.1, 0.15) is 0 Å². The Bertz CT molecular complexity index is 1030. The molecule has 0 atom stereocenters. The fraction of sp³-hybridized carbons (Fsp3) is 0.364. The van der Waals surface area contributed by atoms with Crippen LogP contribution in [-0.4, -0.2) is 27.2 Å². The first-order valence-electron chi connectivity index (χ1n) is 9.77. The summed E-state index contributed by atoms with van der Waals surface area (Å²) >= 11 is 6.29. The highest BCUT2D eigenvalue weighted by Crippen LogP contribution is 2.29. The Morgan fingerprint density at radius 2 is 2.11 bits per heavy atom. The van der Waals surface area contributed by atoms with Crippen LogP contribution in [0, 0.1) is 12.8 Å². The molecule has 4 rings (SSSR count). The third-order valence-electron chi connectivity index (χ3n) is 4.94. The molecule has 146 valence electrons.